The van der Waals surface area contributed by atoms with Gasteiger partial charge in [-0.3, -0.25) is 10.1 Å². The lowest BCUT2D eigenvalue weighted by molar-refractivity contribution is -0.387. The van der Waals surface area contributed by atoms with Gasteiger partial charge in [0.05, 0.1) is 18.1 Å². The SMILES string of the molecule is COc1ccc(S(=O)(=O)NCCCN2CC(C)CC(C)C2)c([N+](=O)[O-])c1. The van der Waals surface area contributed by atoms with Gasteiger partial charge >= 0.3 is 0 Å². The maximum atomic E-state index is 12.4. The van der Waals surface area contributed by atoms with Gasteiger partial charge in [-0.25, -0.2) is 13.1 Å². The molecule has 9 heteroatoms. The molecule has 0 amide bonds. The molecule has 146 valence electrons. The van der Waals surface area contributed by atoms with Crippen LogP contribution in [0.5, 0.6) is 5.75 Å². The molecule has 1 N–H and O–H groups in total. The molecular weight excluding hydrogens is 358 g/mol. The third kappa shape index (κ3) is 5.39. The van der Waals surface area contributed by atoms with Crippen LogP contribution in [0.3, 0.4) is 0 Å². The van der Waals surface area contributed by atoms with E-state index in [0.29, 0.717) is 18.3 Å². The fourth-order valence-electron chi connectivity index (χ4n) is 3.56. The van der Waals surface area contributed by atoms with Crippen LogP contribution in [-0.4, -0.2) is 51.5 Å². The van der Waals surface area contributed by atoms with Gasteiger partial charge in [-0.1, -0.05) is 13.8 Å². The molecule has 0 aliphatic carbocycles. The summed E-state index contributed by atoms with van der Waals surface area (Å²) in [6, 6.07) is 3.72. The van der Waals surface area contributed by atoms with Crippen LogP contribution in [-0.2, 0) is 10.0 Å². The summed E-state index contributed by atoms with van der Waals surface area (Å²) in [4.78, 5) is 12.5. The summed E-state index contributed by atoms with van der Waals surface area (Å²) in [6.07, 6.45) is 1.88. The number of ether oxygens (including phenoxy) is 1. The van der Waals surface area contributed by atoms with Crippen molar-refractivity contribution in [3.63, 3.8) is 0 Å². The Balaban J connectivity index is 1.96. The fraction of sp³-hybridized carbons (Fsp3) is 0.647. The average Bonchev–Trinajstić information content (AvgIpc) is 2.57. The summed E-state index contributed by atoms with van der Waals surface area (Å²) >= 11 is 0. The number of piperidine rings is 1. The van der Waals surface area contributed by atoms with Crippen molar-refractivity contribution in [2.45, 2.75) is 31.6 Å². The minimum absolute atomic E-state index is 0.240. The Bertz CT molecular complexity index is 728. The van der Waals surface area contributed by atoms with Crippen molar-refractivity contribution in [3.8, 4) is 5.75 Å². The molecule has 1 aliphatic heterocycles. The van der Waals surface area contributed by atoms with Gasteiger partial charge in [0.15, 0.2) is 4.90 Å². The molecule has 1 saturated heterocycles. The second-order valence-electron chi connectivity index (χ2n) is 7.05. The lowest BCUT2D eigenvalue weighted by atomic mass is 9.92. The molecule has 2 rings (SSSR count). The predicted octanol–water partition coefficient (Wildman–Crippen LogP) is 2.25. The Hall–Kier alpha value is -1.71. The summed E-state index contributed by atoms with van der Waals surface area (Å²) in [5.74, 6) is 1.54. The number of nitrogens with one attached hydrogen (secondary N) is 1. The first kappa shape index (κ1) is 20.6. The van der Waals surface area contributed by atoms with Gasteiger partial charge in [-0.15, -0.1) is 0 Å². The summed E-state index contributed by atoms with van der Waals surface area (Å²) in [5.41, 5.74) is -0.490. The van der Waals surface area contributed by atoms with E-state index in [1.54, 1.807) is 0 Å². The highest BCUT2D eigenvalue weighted by Crippen LogP contribution is 2.28. The molecule has 1 aromatic rings. The lowest BCUT2D eigenvalue weighted by Gasteiger charge is -2.34. The number of hydrogen-bond acceptors (Lipinski definition) is 6. The van der Waals surface area contributed by atoms with E-state index in [2.05, 4.69) is 23.5 Å². The summed E-state index contributed by atoms with van der Waals surface area (Å²) in [7, 11) is -2.58. The predicted molar refractivity (Wildman–Crippen MR) is 98.8 cm³/mol. The van der Waals surface area contributed by atoms with E-state index >= 15 is 0 Å². The number of nitrogens with zero attached hydrogens (tertiary/aromatic N) is 2. The van der Waals surface area contributed by atoms with Crippen LogP contribution in [0.2, 0.25) is 0 Å². The molecular formula is C17H27N3O5S. The first-order valence-electron chi connectivity index (χ1n) is 8.77. The highest BCUT2D eigenvalue weighted by Gasteiger charge is 2.26. The molecule has 1 aromatic carbocycles. The fourth-order valence-corrected chi connectivity index (χ4v) is 4.78. The van der Waals surface area contributed by atoms with Crippen molar-refractivity contribution in [3.05, 3.63) is 28.3 Å². The highest BCUT2D eigenvalue weighted by atomic mass is 32.2. The molecule has 0 radical (unpaired) electrons. The van der Waals surface area contributed by atoms with Crippen LogP contribution in [0.15, 0.2) is 23.1 Å². The first-order chi connectivity index (χ1) is 12.2. The Labute approximate surface area is 154 Å². The number of rotatable bonds is 8. The number of hydrogen-bond donors (Lipinski definition) is 1. The lowest BCUT2D eigenvalue weighted by Crippen LogP contribution is -2.40. The van der Waals surface area contributed by atoms with Gasteiger partial charge in [0.25, 0.3) is 5.69 Å². The Morgan fingerprint density at radius 3 is 2.54 bits per heavy atom. The molecule has 8 nitrogen and oxygen atoms in total. The van der Waals surface area contributed by atoms with E-state index in [9.17, 15) is 18.5 Å². The van der Waals surface area contributed by atoms with Crippen molar-refractivity contribution in [2.75, 3.05) is 33.3 Å². The third-order valence-corrected chi connectivity index (χ3v) is 6.05. The van der Waals surface area contributed by atoms with Crippen LogP contribution in [0.1, 0.15) is 26.7 Å². The Kier molecular flexibility index (Phi) is 6.96. The zero-order valence-electron chi connectivity index (χ0n) is 15.5. The molecule has 1 aliphatic rings. The quantitative estimate of drug-likeness (QED) is 0.418. The van der Waals surface area contributed by atoms with E-state index in [4.69, 9.17) is 4.74 Å². The molecule has 0 bridgehead atoms. The number of nitro groups is 1. The Morgan fingerprint density at radius 2 is 1.96 bits per heavy atom. The molecule has 26 heavy (non-hydrogen) atoms. The van der Waals surface area contributed by atoms with Gasteiger partial charge in [-0.2, -0.15) is 0 Å². The molecule has 1 heterocycles. The van der Waals surface area contributed by atoms with E-state index in [1.165, 1.54) is 25.7 Å². The van der Waals surface area contributed by atoms with Crippen molar-refractivity contribution >= 4 is 15.7 Å². The van der Waals surface area contributed by atoms with Crippen LogP contribution in [0.4, 0.5) is 5.69 Å². The van der Waals surface area contributed by atoms with Crippen molar-refractivity contribution in [2.24, 2.45) is 11.8 Å². The highest BCUT2D eigenvalue weighted by molar-refractivity contribution is 7.89. The number of nitro benzene ring substituents is 1. The van der Waals surface area contributed by atoms with E-state index in [-0.39, 0.29) is 17.2 Å². The summed E-state index contributed by atoms with van der Waals surface area (Å²) < 4.78 is 32.3. The number of sulfonamides is 1. The minimum atomic E-state index is -3.95. The number of benzene rings is 1. The monoisotopic (exact) mass is 385 g/mol. The topological polar surface area (TPSA) is 102 Å². The smallest absolute Gasteiger partial charge is 0.293 e. The van der Waals surface area contributed by atoms with Gasteiger partial charge in [-0.05, 0) is 43.4 Å². The second kappa shape index (κ2) is 8.79. The maximum Gasteiger partial charge on any atom is 0.293 e. The number of methoxy groups -OCH3 is 1. The van der Waals surface area contributed by atoms with Gasteiger partial charge in [0, 0.05) is 19.6 Å². The van der Waals surface area contributed by atoms with Gasteiger partial charge in [0.1, 0.15) is 5.75 Å². The van der Waals surface area contributed by atoms with Crippen molar-refractivity contribution in [1.29, 1.82) is 0 Å². The van der Waals surface area contributed by atoms with Gasteiger partial charge < -0.3 is 9.64 Å². The van der Waals surface area contributed by atoms with Crippen LogP contribution in [0, 0.1) is 22.0 Å². The maximum absolute atomic E-state index is 12.4. The van der Waals surface area contributed by atoms with Crippen LogP contribution >= 0.6 is 0 Å². The van der Waals surface area contributed by atoms with E-state index < -0.39 is 20.6 Å². The molecule has 0 saturated carbocycles. The van der Waals surface area contributed by atoms with E-state index in [0.717, 1.165) is 25.7 Å². The van der Waals surface area contributed by atoms with Crippen LogP contribution < -0.4 is 9.46 Å². The van der Waals surface area contributed by atoms with Crippen molar-refractivity contribution in [1.82, 2.24) is 9.62 Å². The number of likely N-dealkylation sites (tertiary alicyclic amines) is 1. The first-order valence-corrected chi connectivity index (χ1v) is 10.3. The molecule has 2 atom stereocenters. The summed E-state index contributed by atoms with van der Waals surface area (Å²) in [5, 5.41) is 11.2. The zero-order chi connectivity index (χ0) is 19.3. The summed E-state index contributed by atoms with van der Waals surface area (Å²) in [6.45, 7) is 7.57. The zero-order valence-corrected chi connectivity index (χ0v) is 16.3. The molecule has 0 aromatic heterocycles. The normalized spacial score (nSPS) is 21.5. The largest absolute Gasteiger partial charge is 0.497 e. The van der Waals surface area contributed by atoms with Crippen LogP contribution in [0.25, 0.3) is 0 Å². The third-order valence-electron chi connectivity index (χ3n) is 4.54. The van der Waals surface area contributed by atoms with Crippen molar-refractivity contribution < 1.29 is 18.1 Å². The average molecular weight is 385 g/mol. The van der Waals surface area contributed by atoms with Gasteiger partial charge in [0.2, 0.25) is 10.0 Å². The second-order valence-corrected chi connectivity index (χ2v) is 8.78. The molecule has 1 fully saturated rings. The minimum Gasteiger partial charge on any atom is -0.497 e. The molecule has 0 spiro atoms. The molecule has 2 unspecified atom stereocenters. The Morgan fingerprint density at radius 1 is 1.31 bits per heavy atom. The van der Waals surface area contributed by atoms with E-state index in [1.807, 2.05) is 0 Å². The standard InChI is InChI=1S/C17H27N3O5S/c1-13-9-14(2)12-19(11-13)8-4-7-18-26(23,24)17-6-5-15(25-3)10-16(17)20(21)22/h5-6,10,13-14,18H,4,7-9,11-12H2,1-3H3.